The zero-order valence-electron chi connectivity index (χ0n) is 20.9. The van der Waals surface area contributed by atoms with Crippen molar-refractivity contribution < 1.29 is 33.2 Å². The molecule has 3 fully saturated rings. The van der Waals surface area contributed by atoms with Gasteiger partial charge in [0.25, 0.3) is 0 Å². The first-order chi connectivity index (χ1) is 14.6. The normalized spacial score (nSPS) is 32.7. The van der Waals surface area contributed by atoms with E-state index in [-0.39, 0.29) is 19.3 Å². The number of hydrogen-bond donors (Lipinski definition) is 0. The van der Waals surface area contributed by atoms with Gasteiger partial charge in [0.2, 0.25) is 5.79 Å². The van der Waals surface area contributed by atoms with E-state index in [1.165, 1.54) is 0 Å². The summed E-state index contributed by atoms with van der Waals surface area (Å²) in [4.78, 5) is 13.3. The summed E-state index contributed by atoms with van der Waals surface area (Å²) in [6.45, 7) is 18.1. The molecule has 3 heterocycles. The van der Waals surface area contributed by atoms with Crippen LogP contribution in [0.5, 0.6) is 0 Å². The third-order valence-electron chi connectivity index (χ3n) is 5.53. The Labute approximate surface area is 193 Å². The Bertz CT molecular complexity index is 824. The van der Waals surface area contributed by atoms with Crippen molar-refractivity contribution in [2.45, 2.75) is 110 Å². The Hall–Kier alpha value is -1.21. The highest BCUT2D eigenvalue weighted by Crippen LogP contribution is 2.45. The molecular weight excluding hydrogens is 428 g/mol. The van der Waals surface area contributed by atoms with Crippen LogP contribution >= 0.6 is 0 Å². The Morgan fingerprint density at radius 1 is 1.06 bits per heavy atom. The van der Waals surface area contributed by atoms with Crippen LogP contribution in [0.3, 0.4) is 0 Å². The van der Waals surface area contributed by atoms with Gasteiger partial charge in [-0.05, 0) is 48.0 Å². The molecule has 0 bridgehead atoms. The average Bonchev–Trinajstić information content (AvgIpc) is 3.11. The van der Waals surface area contributed by atoms with Crippen molar-refractivity contribution in [2.24, 2.45) is 0 Å². The lowest BCUT2D eigenvalue weighted by molar-refractivity contribution is -0.328. The molecule has 0 unspecified atom stereocenters. The van der Waals surface area contributed by atoms with Gasteiger partial charge in [0, 0.05) is 12.0 Å². The second-order valence-electron chi connectivity index (χ2n) is 10.9. The van der Waals surface area contributed by atoms with E-state index in [4.69, 9.17) is 28.4 Å². The van der Waals surface area contributed by atoms with Gasteiger partial charge >= 0.3 is 5.97 Å². The number of allylic oxidation sites excluding steroid dienone is 1. The fourth-order valence-electron chi connectivity index (χ4n) is 4.18. The molecule has 8 heteroatoms. The lowest BCUT2D eigenvalue weighted by Crippen LogP contribution is -2.63. The van der Waals surface area contributed by atoms with Crippen LogP contribution in [0.15, 0.2) is 11.1 Å². The second kappa shape index (κ2) is 8.86. The Morgan fingerprint density at radius 3 is 2.31 bits per heavy atom. The molecule has 180 valence electrons. The quantitative estimate of drug-likeness (QED) is 0.269. The fourth-order valence-corrected chi connectivity index (χ4v) is 4.83. The Balaban J connectivity index is 1.82. The predicted octanol–water partition coefficient (Wildman–Crippen LogP) is 3.93. The highest BCUT2D eigenvalue weighted by molar-refractivity contribution is 6.83. The van der Waals surface area contributed by atoms with E-state index in [2.05, 4.69) is 31.1 Å². The maximum atomic E-state index is 13.3. The van der Waals surface area contributed by atoms with Crippen molar-refractivity contribution >= 4 is 14.0 Å². The van der Waals surface area contributed by atoms with Gasteiger partial charge in [-0.15, -0.1) is 11.5 Å². The zero-order chi connectivity index (χ0) is 23.9. The second-order valence-corrected chi connectivity index (χ2v) is 15.7. The summed E-state index contributed by atoms with van der Waals surface area (Å²) in [6, 6.07) is 0. The molecule has 7 nitrogen and oxygen atoms in total. The first-order valence-electron chi connectivity index (χ1n) is 11.3. The number of rotatable bonds is 4. The first-order valence-corrected chi connectivity index (χ1v) is 14.8. The topological polar surface area (TPSA) is 72.5 Å². The van der Waals surface area contributed by atoms with Crippen LogP contribution in [-0.2, 0) is 33.2 Å². The Kier molecular flexibility index (Phi) is 7.03. The molecule has 0 amide bonds. The van der Waals surface area contributed by atoms with E-state index in [1.807, 2.05) is 41.5 Å². The molecular formula is C24H38O7Si. The maximum Gasteiger partial charge on any atom is 0.334 e. The molecule has 0 saturated carbocycles. The van der Waals surface area contributed by atoms with Crippen LogP contribution in [0.4, 0.5) is 0 Å². The summed E-state index contributed by atoms with van der Waals surface area (Å²) < 4.78 is 36.3. The minimum atomic E-state index is -1.45. The highest BCUT2D eigenvalue weighted by atomic mass is 28.3. The first kappa shape index (κ1) is 25.4. The van der Waals surface area contributed by atoms with Crippen molar-refractivity contribution in [2.75, 3.05) is 13.2 Å². The van der Waals surface area contributed by atoms with E-state index >= 15 is 0 Å². The van der Waals surface area contributed by atoms with Crippen LogP contribution in [-0.4, -0.2) is 62.9 Å². The van der Waals surface area contributed by atoms with E-state index in [1.54, 1.807) is 0 Å². The van der Waals surface area contributed by atoms with E-state index in [0.29, 0.717) is 18.4 Å². The van der Waals surface area contributed by atoms with Gasteiger partial charge in [-0.2, -0.15) is 0 Å². The van der Waals surface area contributed by atoms with Crippen LogP contribution in [0, 0.1) is 11.5 Å². The van der Waals surface area contributed by atoms with Crippen LogP contribution in [0.1, 0.15) is 54.4 Å². The lowest BCUT2D eigenvalue weighted by Gasteiger charge is -2.43. The number of carbonyl (C=O) groups excluding carboxylic acids is 1. The number of esters is 1. The van der Waals surface area contributed by atoms with Crippen molar-refractivity contribution in [3.63, 3.8) is 0 Å². The summed E-state index contributed by atoms with van der Waals surface area (Å²) >= 11 is 0. The minimum absolute atomic E-state index is 0.136. The van der Waals surface area contributed by atoms with Gasteiger partial charge in [-0.3, -0.25) is 0 Å². The molecule has 0 N–H and O–H groups in total. The molecule has 3 aliphatic rings. The molecule has 32 heavy (non-hydrogen) atoms. The van der Waals surface area contributed by atoms with E-state index in [0.717, 1.165) is 5.57 Å². The average molecular weight is 467 g/mol. The van der Waals surface area contributed by atoms with Gasteiger partial charge in [0.1, 0.15) is 26.9 Å². The van der Waals surface area contributed by atoms with Gasteiger partial charge in [-0.1, -0.05) is 25.2 Å². The van der Waals surface area contributed by atoms with Gasteiger partial charge in [-0.25, -0.2) is 4.79 Å². The standard InChI is InChI=1S/C24H38O7Si/c1-16(2)17(12-10-11-13-32(7,8)9)21(25)28-20-19-18(29-23(5,6)30-19)14-26-24(20)15-27-22(3,4)31-24/h18-20H,10,12,14-15H2,1-9H3/t18-,19-,20+,24+/m0/s1. The van der Waals surface area contributed by atoms with Crippen molar-refractivity contribution in [1.29, 1.82) is 0 Å². The molecule has 3 aliphatic heterocycles. The van der Waals surface area contributed by atoms with Crippen LogP contribution in [0.25, 0.3) is 0 Å². The van der Waals surface area contributed by atoms with Gasteiger partial charge in [0.05, 0.1) is 6.61 Å². The van der Waals surface area contributed by atoms with Crippen molar-refractivity contribution in [1.82, 2.24) is 0 Å². The third-order valence-corrected chi connectivity index (χ3v) is 6.46. The monoisotopic (exact) mass is 466 g/mol. The zero-order valence-corrected chi connectivity index (χ0v) is 21.9. The van der Waals surface area contributed by atoms with Crippen molar-refractivity contribution in [3.05, 3.63) is 11.1 Å². The molecule has 4 atom stereocenters. The summed E-state index contributed by atoms with van der Waals surface area (Å²) in [7, 11) is -1.45. The number of fused-ring (bicyclic) bond motifs is 1. The van der Waals surface area contributed by atoms with Crippen molar-refractivity contribution in [3.8, 4) is 11.5 Å². The molecule has 3 rings (SSSR count). The number of carbonyl (C=O) groups is 1. The van der Waals surface area contributed by atoms with Crippen LogP contribution < -0.4 is 0 Å². The van der Waals surface area contributed by atoms with E-state index in [9.17, 15) is 4.79 Å². The van der Waals surface area contributed by atoms with Gasteiger partial charge in [0.15, 0.2) is 17.7 Å². The van der Waals surface area contributed by atoms with Gasteiger partial charge < -0.3 is 28.4 Å². The summed E-state index contributed by atoms with van der Waals surface area (Å²) in [5.41, 5.74) is 4.86. The minimum Gasteiger partial charge on any atom is -0.450 e. The third kappa shape index (κ3) is 5.82. The number of hydrogen-bond acceptors (Lipinski definition) is 7. The predicted molar refractivity (Wildman–Crippen MR) is 122 cm³/mol. The van der Waals surface area contributed by atoms with Crippen LogP contribution in [0.2, 0.25) is 19.6 Å². The molecule has 0 aromatic heterocycles. The lowest BCUT2D eigenvalue weighted by atomic mass is 9.96. The molecule has 1 spiro atoms. The van der Waals surface area contributed by atoms with E-state index < -0.39 is 43.6 Å². The summed E-state index contributed by atoms with van der Waals surface area (Å²) in [5.74, 6) is -0.0896. The summed E-state index contributed by atoms with van der Waals surface area (Å²) in [6.07, 6.45) is -0.584. The SMILES string of the molecule is CC(C)=C(CCC#C[Si](C)(C)C)C(=O)O[C@@H]1[C@H]2OC(C)(C)O[C@H]2CO[C@@]12COC(C)(C)O2. The highest BCUT2D eigenvalue weighted by Gasteiger charge is 2.64. The smallest absolute Gasteiger partial charge is 0.334 e. The largest absolute Gasteiger partial charge is 0.450 e. The molecule has 0 aromatic rings. The maximum absolute atomic E-state index is 13.3. The molecule has 0 aromatic carbocycles. The molecule has 0 radical (unpaired) electrons. The fraction of sp³-hybridized carbons (Fsp3) is 0.792. The molecule has 0 aliphatic carbocycles. The Morgan fingerprint density at radius 2 is 1.75 bits per heavy atom. The number of ether oxygens (including phenoxy) is 6. The molecule has 3 saturated heterocycles. The summed E-state index contributed by atoms with van der Waals surface area (Å²) in [5, 5.41) is 0.